The standard InChI is InChI=1S/C8H16O/c1-3-4-5-8(2)6-7-9/h7-8H,3-6H2,1-2H3. The monoisotopic (exact) mass is 128 g/mol. The van der Waals surface area contributed by atoms with E-state index in [1.165, 1.54) is 19.3 Å². The van der Waals surface area contributed by atoms with E-state index >= 15 is 0 Å². The van der Waals surface area contributed by atoms with Crippen molar-refractivity contribution in [3.63, 3.8) is 0 Å². The Morgan fingerprint density at radius 3 is 2.67 bits per heavy atom. The van der Waals surface area contributed by atoms with Crippen LogP contribution < -0.4 is 0 Å². The zero-order chi connectivity index (χ0) is 7.11. The molecule has 1 unspecified atom stereocenters. The van der Waals surface area contributed by atoms with E-state index in [0.717, 1.165) is 12.7 Å². The van der Waals surface area contributed by atoms with E-state index < -0.39 is 0 Å². The van der Waals surface area contributed by atoms with Gasteiger partial charge in [-0.2, -0.15) is 0 Å². The summed E-state index contributed by atoms with van der Waals surface area (Å²) in [5, 5.41) is 0. The highest BCUT2D eigenvalue weighted by Crippen LogP contribution is 2.09. The summed E-state index contributed by atoms with van der Waals surface area (Å²) in [5.74, 6) is 0.599. The summed E-state index contributed by atoms with van der Waals surface area (Å²) in [6.07, 6.45) is 5.45. The highest BCUT2D eigenvalue weighted by Gasteiger charge is 1.97. The molecule has 0 aliphatic carbocycles. The Kier molecular flexibility index (Phi) is 5.59. The average molecular weight is 128 g/mol. The molecule has 0 aromatic heterocycles. The Hall–Kier alpha value is -0.330. The van der Waals surface area contributed by atoms with Crippen LogP contribution in [0.4, 0.5) is 0 Å². The zero-order valence-electron chi connectivity index (χ0n) is 6.39. The first-order valence-electron chi connectivity index (χ1n) is 3.74. The van der Waals surface area contributed by atoms with E-state index in [2.05, 4.69) is 13.8 Å². The Labute approximate surface area is 57.5 Å². The van der Waals surface area contributed by atoms with E-state index in [0.29, 0.717) is 5.92 Å². The van der Waals surface area contributed by atoms with Crippen LogP contribution in [0.5, 0.6) is 0 Å². The lowest BCUT2D eigenvalue weighted by Gasteiger charge is -2.03. The van der Waals surface area contributed by atoms with Gasteiger partial charge in [-0.05, 0) is 5.92 Å². The molecular formula is C8H16O. The molecule has 0 aliphatic heterocycles. The topological polar surface area (TPSA) is 17.1 Å². The van der Waals surface area contributed by atoms with Gasteiger partial charge in [0.25, 0.3) is 0 Å². The van der Waals surface area contributed by atoms with E-state index in [-0.39, 0.29) is 0 Å². The maximum Gasteiger partial charge on any atom is 0.120 e. The van der Waals surface area contributed by atoms with Crippen molar-refractivity contribution in [2.75, 3.05) is 0 Å². The number of unbranched alkanes of at least 4 members (excludes halogenated alkanes) is 1. The van der Waals surface area contributed by atoms with Gasteiger partial charge in [0.15, 0.2) is 0 Å². The van der Waals surface area contributed by atoms with Crippen LogP contribution in [0.25, 0.3) is 0 Å². The molecule has 0 saturated heterocycles. The van der Waals surface area contributed by atoms with Crippen LogP contribution in [0.3, 0.4) is 0 Å². The van der Waals surface area contributed by atoms with Crippen molar-refractivity contribution >= 4 is 6.29 Å². The normalized spacial score (nSPS) is 13.1. The van der Waals surface area contributed by atoms with Crippen LogP contribution in [-0.2, 0) is 4.79 Å². The molecule has 0 spiro atoms. The van der Waals surface area contributed by atoms with E-state index in [9.17, 15) is 4.79 Å². The second kappa shape index (κ2) is 5.80. The predicted molar refractivity (Wildman–Crippen MR) is 39.4 cm³/mol. The summed E-state index contributed by atoms with van der Waals surface area (Å²) >= 11 is 0. The van der Waals surface area contributed by atoms with Crippen molar-refractivity contribution in [1.29, 1.82) is 0 Å². The molecule has 1 nitrogen and oxygen atoms in total. The van der Waals surface area contributed by atoms with Crippen LogP contribution in [0, 0.1) is 5.92 Å². The average Bonchev–Trinajstić information content (AvgIpc) is 1.85. The minimum Gasteiger partial charge on any atom is -0.303 e. The lowest BCUT2D eigenvalue weighted by atomic mass is 10.0. The Morgan fingerprint density at radius 2 is 2.22 bits per heavy atom. The van der Waals surface area contributed by atoms with Gasteiger partial charge in [0.1, 0.15) is 6.29 Å². The van der Waals surface area contributed by atoms with Crippen molar-refractivity contribution in [2.24, 2.45) is 5.92 Å². The number of hydrogen-bond acceptors (Lipinski definition) is 1. The van der Waals surface area contributed by atoms with E-state index in [1.807, 2.05) is 0 Å². The maximum atomic E-state index is 9.98. The lowest BCUT2D eigenvalue weighted by Crippen LogP contribution is -1.94. The summed E-state index contributed by atoms with van der Waals surface area (Å²) in [6, 6.07) is 0. The van der Waals surface area contributed by atoms with Gasteiger partial charge in [-0.3, -0.25) is 0 Å². The summed E-state index contributed by atoms with van der Waals surface area (Å²) in [4.78, 5) is 9.98. The quantitative estimate of drug-likeness (QED) is 0.519. The van der Waals surface area contributed by atoms with Crippen LogP contribution in [0.1, 0.15) is 39.5 Å². The third kappa shape index (κ3) is 5.54. The molecule has 0 fully saturated rings. The predicted octanol–water partition coefficient (Wildman–Crippen LogP) is 2.40. The van der Waals surface area contributed by atoms with Gasteiger partial charge >= 0.3 is 0 Å². The van der Waals surface area contributed by atoms with Gasteiger partial charge in [-0.25, -0.2) is 0 Å². The largest absolute Gasteiger partial charge is 0.303 e. The highest BCUT2D eigenvalue weighted by atomic mass is 16.1. The molecule has 0 N–H and O–H groups in total. The fourth-order valence-electron chi connectivity index (χ4n) is 0.835. The molecule has 0 aliphatic rings. The first kappa shape index (κ1) is 8.67. The van der Waals surface area contributed by atoms with Crippen LogP contribution in [-0.4, -0.2) is 6.29 Å². The smallest absolute Gasteiger partial charge is 0.120 e. The van der Waals surface area contributed by atoms with Crippen molar-refractivity contribution in [2.45, 2.75) is 39.5 Å². The van der Waals surface area contributed by atoms with Gasteiger partial charge in [0.05, 0.1) is 0 Å². The molecule has 9 heavy (non-hydrogen) atoms. The van der Waals surface area contributed by atoms with Crippen LogP contribution in [0.2, 0.25) is 0 Å². The number of carbonyl (C=O) groups is 1. The molecule has 0 saturated carbocycles. The number of rotatable bonds is 5. The van der Waals surface area contributed by atoms with E-state index in [1.54, 1.807) is 0 Å². The molecule has 0 heterocycles. The summed E-state index contributed by atoms with van der Waals surface area (Å²) in [6.45, 7) is 4.30. The van der Waals surface area contributed by atoms with Gasteiger partial charge in [-0.1, -0.05) is 33.1 Å². The lowest BCUT2D eigenvalue weighted by molar-refractivity contribution is -0.108. The number of hydrogen-bond donors (Lipinski definition) is 0. The Bertz CT molecular complexity index is 69.0. The Morgan fingerprint density at radius 1 is 1.56 bits per heavy atom. The Balaban J connectivity index is 3.04. The molecule has 1 heteroatoms. The second-order valence-electron chi connectivity index (χ2n) is 2.65. The van der Waals surface area contributed by atoms with Gasteiger partial charge in [-0.15, -0.1) is 0 Å². The summed E-state index contributed by atoms with van der Waals surface area (Å²) in [7, 11) is 0. The van der Waals surface area contributed by atoms with Crippen LogP contribution in [0.15, 0.2) is 0 Å². The third-order valence-electron chi connectivity index (χ3n) is 1.55. The number of aldehydes is 1. The summed E-state index contributed by atoms with van der Waals surface area (Å²) in [5.41, 5.74) is 0. The first-order chi connectivity index (χ1) is 4.31. The molecule has 0 bridgehead atoms. The minimum atomic E-state index is 0.599. The number of carbonyl (C=O) groups excluding carboxylic acids is 1. The van der Waals surface area contributed by atoms with Gasteiger partial charge in [0, 0.05) is 6.42 Å². The molecule has 0 aromatic carbocycles. The van der Waals surface area contributed by atoms with Crippen molar-refractivity contribution < 1.29 is 4.79 Å². The van der Waals surface area contributed by atoms with Crippen LogP contribution >= 0.6 is 0 Å². The minimum absolute atomic E-state index is 0.599. The molecule has 0 aromatic rings. The van der Waals surface area contributed by atoms with Crippen molar-refractivity contribution in [3.8, 4) is 0 Å². The fraction of sp³-hybridized carbons (Fsp3) is 0.875. The van der Waals surface area contributed by atoms with Gasteiger partial charge in [0.2, 0.25) is 0 Å². The zero-order valence-corrected chi connectivity index (χ0v) is 6.39. The maximum absolute atomic E-state index is 9.98. The third-order valence-corrected chi connectivity index (χ3v) is 1.55. The summed E-state index contributed by atoms with van der Waals surface area (Å²) < 4.78 is 0. The highest BCUT2D eigenvalue weighted by molar-refractivity contribution is 5.49. The SMILES string of the molecule is CCCCC(C)CC=O. The molecule has 54 valence electrons. The second-order valence-corrected chi connectivity index (χ2v) is 2.65. The van der Waals surface area contributed by atoms with Gasteiger partial charge < -0.3 is 4.79 Å². The fourth-order valence-corrected chi connectivity index (χ4v) is 0.835. The first-order valence-corrected chi connectivity index (χ1v) is 3.74. The molecule has 1 atom stereocenters. The molecule has 0 rings (SSSR count). The molecule has 0 amide bonds. The molecular weight excluding hydrogens is 112 g/mol. The molecule has 0 radical (unpaired) electrons. The van der Waals surface area contributed by atoms with Crippen molar-refractivity contribution in [3.05, 3.63) is 0 Å². The van der Waals surface area contributed by atoms with E-state index in [4.69, 9.17) is 0 Å². The van der Waals surface area contributed by atoms with Crippen molar-refractivity contribution in [1.82, 2.24) is 0 Å².